The van der Waals surface area contributed by atoms with Crippen molar-refractivity contribution in [3.05, 3.63) is 18.0 Å². The Labute approximate surface area is 76.3 Å². The van der Waals surface area contributed by atoms with Crippen LogP contribution in [-0.4, -0.2) is 36.6 Å². The van der Waals surface area contributed by atoms with Crippen molar-refractivity contribution in [2.24, 2.45) is 0 Å². The van der Waals surface area contributed by atoms with Crippen molar-refractivity contribution in [3.8, 4) is 0 Å². The predicted molar refractivity (Wildman–Crippen MR) is 45.4 cm³/mol. The normalized spacial score (nSPS) is 10.0. The monoisotopic (exact) mass is 184 g/mol. The molecule has 0 bridgehead atoms. The molecule has 0 aliphatic carbocycles. The highest BCUT2D eigenvalue weighted by Gasteiger charge is 2.08. The summed E-state index contributed by atoms with van der Waals surface area (Å²) in [5, 5.41) is 3.98. The van der Waals surface area contributed by atoms with E-state index in [1.165, 1.54) is 7.11 Å². The SMILES string of the molecule is COCCn1ccc(C(=O)OC)n1. The molecule has 0 aliphatic rings. The number of nitrogens with zero attached hydrogens (tertiary/aromatic N) is 2. The van der Waals surface area contributed by atoms with E-state index in [4.69, 9.17) is 4.74 Å². The highest BCUT2D eigenvalue weighted by Crippen LogP contribution is 1.97. The maximum Gasteiger partial charge on any atom is 0.358 e. The summed E-state index contributed by atoms with van der Waals surface area (Å²) in [6.07, 6.45) is 1.71. The Morgan fingerprint density at radius 3 is 3.00 bits per heavy atom. The van der Waals surface area contributed by atoms with Gasteiger partial charge in [-0.15, -0.1) is 0 Å². The van der Waals surface area contributed by atoms with Gasteiger partial charge in [-0.05, 0) is 6.07 Å². The predicted octanol–water partition coefficient (Wildman–Crippen LogP) is 0.316. The standard InChI is InChI=1S/C8H12N2O3/c1-12-6-5-10-4-3-7(9-10)8(11)13-2/h3-4H,5-6H2,1-2H3. The minimum absolute atomic E-state index is 0.318. The van der Waals surface area contributed by atoms with E-state index in [-0.39, 0.29) is 0 Å². The Morgan fingerprint density at radius 1 is 1.62 bits per heavy atom. The molecule has 1 aromatic heterocycles. The summed E-state index contributed by atoms with van der Waals surface area (Å²) in [7, 11) is 2.95. The second-order valence-corrected chi connectivity index (χ2v) is 2.45. The Morgan fingerprint density at radius 2 is 2.38 bits per heavy atom. The average molecular weight is 184 g/mol. The first-order valence-corrected chi connectivity index (χ1v) is 3.88. The van der Waals surface area contributed by atoms with Gasteiger partial charge in [0, 0.05) is 13.3 Å². The van der Waals surface area contributed by atoms with Gasteiger partial charge in [0.15, 0.2) is 5.69 Å². The summed E-state index contributed by atoms with van der Waals surface area (Å²) in [5.74, 6) is -0.420. The van der Waals surface area contributed by atoms with Crippen LogP contribution in [0.3, 0.4) is 0 Å². The van der Waals surface area contributed by atoms with Crippen LogP contribution in [0.25, 0.3) is 0 Å². The van der Waals surface area contributed by atoms with Gasteiger partial charge in [0.05, 0.1) is 20.3 Å². The van der Waals surface area contributed by atoms with Crippen LogP contribution in [0.2, 0.25) is 0 Å². The van der Waals surface area contributed by atoms with Gasteiger partial charge < -0.3 is 9.47 Å². The van der Waals surface area contributed by atoms with Crippen LogP contribution in [0.4, 0.5) is 0 Å². The van der Waals surface area contributed by atoms with E-state index in [1.54, 1.807) is 24.1 Å². The molecule has 1 heterocycles. The zero-order valence-electron chi connectivity index (χ0n) is 7.69. The largest absolute Gasteiger partial charge is 0.464 e. The van der Waals surface area contributed by atoms with E-state index in [2.05, 4.69) is 9.84 Å². The molecule has 5 heteroatoms. The molecule has 0 saturated carbocycles. The molecule has 0 aliphatic heterocycles. The fraction of sp³-hybridized carbons (Fsp3) is 0.500. The van der Waals surface area contributed by atoms with Gasteiger partial charge in [0.2, 0.25) is 0 Å². The molecular formula is C8H12N2O3. The molecule has 0 aromatic carbocycles. The number of carbonyl (C=O) groups excluding carboxylic acids is 1. The van der Waals surface area contributed by atoms with E-state index in [0.29, 0.717) is 18.8 Å². The second kappa shape index (κ2) is 4.61. The van der Waals surface area contributed by atoms with Crippen molar-refractivity contribution in [1.29, 1.82) is 0 Å². The maximum atomic E-state index is 11.0. The first-order valence-electron chi connectivity index (χ1n) is 3.88. The van der Waals surface area contributed by atoms with E-state index in [9.17, 15) is 4.79 Å². The molecule has 0 saturated heterocycles. The number of esters is 1. The van der Waals surface area contributed by atoms with Crippen LogP contribution in [0.5, 0.6) is 0 Å². The zero-order chi connectivity index (χ0) is 9.68. The molecule has 5 nitrogen and oxygen atoms in total. The fourth-order valence-corrected chi connectivity index (χ4v) is 0.884. The number of rotatable bonds is 4. The fourth-order valence-electron chi connectivity index (χ4n) is 0.884. The molecule has 0 radical (unpaired) electrons. The van der Waals surface area contributed by atoms with E-state index in [0.717, 1.165) is 0 Å². The van der Waals surface area contributed by atoms with Crippen LogP contribution in [0.1, 0.15) is 10.5 Å². The van der Waals surface area contributed by atoms with Crippen molar-refractivity contribution in [1.82, 2.24) is 9.78 Å². The molecule has 0 spiro atoms. The van der Waals surface area contributed by atoms with E-state index >= 15 is 0 Å². The third-order valence-electron chi connectivity index (χ3n) is 1.56. The molecule has 0 amide bonds. The lowest BCUT2D eigenvalue weighted by atomic mass is 10.4. The summed E-state index contributed by atoms with van der Waals surface area (Å²) in [6, 6.07) is 1.61. The number of hydrogen-bond donors (Lipinski definition) is 0. The Hall–Kier alpha value is -1.36. The molecule has 13 heavy (non-hydrogen) atoms. The third-order valence-corrected chi connectivity index (χ3v) is 1.56. The Balaban J connectivity index is 2.58. The molecule has 0 N–H and O–H groups in total. The molecular weight excluding hydrogens is 172 g/mol. The zero-order valence-corrected chi connectivity index (χ0v) is 7.69. The average Bonchev–Trinajstić information content (AvgIpc) is 2.62. The number of aromatic nitrogens is 2. The summed E-state index contributed by atoms with van der Waals surface area (Å²) < 4.78 is 11.0. The van der Waals surface area contributed by atoms with Gasteiger partial charge in [0.25, 0.3) is 0 Å². The molecule has 1 rings (SSSR count). The van der Waals surface area contributed by atoms with Gasteiger partial charge in [-0.1, -0.05) is 0 Å². The second-order valence-electron chi connectivity index (χ2n) is 2.45. The van der Waals surface area contributed by atoms with Gasteiger partial charge in [0.1, 0.15) is 0 Å². The molecule has 0 fully saturated rings. The van der Waals surface area contributed by atoms with Gasteiger partial charge in [-0.3, -0.25) is 4.68 Å². The quantitative estimate of drug-likeness (QED) is 0.632. The topological polar surface area (TPSA) is 53.4 Å². The lowest BCUT2D eigenvalue weighted by molar-refractivity contribution is 0.0592. The first-order chi connectivity index (χ1) is 6.27. The van der Waals surface area contributed by atoms with Gasteiger partial charge in [-0.25, -0.2) is 4.79 Å². The smallest absolute Gasteiger partial charge is 0.358 e. The first kappa shape index (κ1) is 9.73. The maximum absolute atomic E-state index is 11.0. The highest BCUT2D eigenvalue weighted by atomic mass is 16.5. The lowest BCUT2D eigenvalue weighted by Crippen LogP contribution is -2.07. The number of ether oxygens (including phenoxy) is 2. The molecule has 0 unspecified atom stereocenters. The minimum atomic E-state index is -0.420. The number of methoxy groups -OCH3 is 2. The number of carbonyl (C=O) groups is 1. The van der Waals surface area contributed by atoms with Crippen LogP contribution < -0.4 is 0 Å². The van der Waals surface area contributed by atoms with Crippen LogP contribution in [0.15, 0.2) is 12.3 Å². The van der Waals surface area contributed by atoms with Gasteiger partial charge in [-0.2, -0.15) is 5.10 Å². The Bertz CT molecular complexity index is 283. The number of hydrogen-bond acceptors (Lipinski definition) is 4. The minimum Gasteiger partial charge on any atom is -0.464 e. The summed E-state index contributed by atoms with van der Waals surface area (Å²) in [5.41, 5.74) is 0.318. The summed E-state index contributed by atoms with van der Waals surface area (Å²) >= 11 is 0. The highest BCUT2D eigenvalue weighted by molar-refractivity contribution is 5.86. The van der Waals surface area contributed by atoms with Crippen molar-refractivity contribution in [2.75, 3.05) is 20.8 Å². The van der Waals surface area contributed by atoms with E-state index < -0.39 is 5.97 Å². The molecule has 0 atom stereocenters. The van der Waals surface area contributed by atoms with Crippen LogP contribution in [-0.2, 0) is 16.0 Å². The summed E-state index contributed by atoms with van der Waals surface area (Å²) in [4.78, 5) is 11.0. The molecule has 72 valence electrons. The van der Waals surface area contributed by atoms with Gasteiger partial charge >= 0.3 is 5.97 Å². The Kier molecular flexibility index (Phi) is 3.45. The third kappa shape index (κ3) is 2.55. The summed E-state index contributed by atoms with van der Waals surface area (Å²) in [6.45, 7) is 1.20. The van der Waals surface area contributed by atoms with Crippen LogP contribution >= 0.6 is 0 Å². The van der Waals surface area contributed by atoms with E-state index in [1.807, 2.05) is 0 Å². The van der Waals surface area contributed by atoms with Crippen molar-refractivity contribution in [2.45, 2.75) is 6.54 Å². The van der Waals surface area contributed by atoms with Crippen molar-refractivity contribution in [3.63, 3.8) is 0 Å². The molecule has 1 aromatic rings. The lowest BCUT2D eigenvalue weighted by Gasteiger charge is -1.98. The van der Waals surface area contributed by atoms with Crippen molar-refractivity contribution >= 4 is 5.97 Å². The van der Waals surface area contributed by atoms with Crippen LogP contribution in [0, 0.1) is 0 Å². The van der Waals surface area contributed by atoms with Crippen molar-refractivity contribution < 1.29 is 14.3 Å².